The number of methoxy groups -OCH3 is 1. The zero-order valence-corrected chi connectivity index (χ0v) is 21.3. The minimum Gasteiger partial charge on any atom is -0.493 e. The van der Waals surface area contributed by atoms with E-state index in [-0.39, 0.29) is 24.3 Å². The van der Waals surface area contributed by atoms with Crippen molar-refractivity contribution >= 4 is 6.09 Å². The molecule has 2 aromatic heterocycles. The van der Waals surface area contributed by atoms with Crippen LogP contribution in [-0.2, 0) is 0 Å². The highest BCUT2D eigenvalue weighted by Gasteiger charge is 2.37. The van der Waals surface area contributed by atoms with Crippen molar-refractivity contribution in [2.24, 2.45) is 0 Å². The van der Waals surface area contributed by atoms with Crippen molar-refractivity contribution in [3.05, 3.63) is 60.2 Å². The predicted octanol–water partition coefficient (Wildman–Crippen LogP) is 5.50. The summed E-state index contributed by atoms with van der Waals surface area (Å²) in [5.74, 6) is 2.41. The number of rotatable bonds is 8. The van der Waals surface area contributed by atoms with E-state index in [1.807, 2.05) is 52.0 Å². The van der Waals surface area contributed by atoms with Gasteiger partial charge in [0, 0.05) is 24.7 Å². The van der Waals surface area contributed by atoms with E-state index >= 15 is 0 Å². The summed E-state index contributed by atoms with van der Waals surface area (Å²) < 4.78 is 23.2. The molecular weight excluding hydrogens is 460 g/mol. The van der Waals surface area contributed by atoms with Gasteiger partial charge in [-0.3, -0.25) is 4.98 Å². The van der Waals surface area contributed by atoms with Gasteiger partial charge in [0.05, 0.1) is 24.5 Å². The number of benzene rings is 1. The number of pyridine rings is 1. The molecule has 0 radical (unpaired) electrons. The van der Waals surface area contributed by atoms with Crippen molar-refractivity contribution in [1.29, 1.82) is 0 Å². The number of likely N-dealkylation sites (tertiary alicyclic amines) is 1. The van der Waals surface area contributed by atoms with Crippen LogP contribution in [0.3, 0.4) is 0 Å². The molecular formula is C27H32N4O5. The molecule has 3 aromatic rings. The molecule has 1 fully saturated rings. The minimum atomic E-state index is -0.387. The van der Waals surface area contributed by atoms with Crippen molar-refractivity contribution < 1.29 is 23.7 Å². The third-order valence-electron chi connectivity index (χ3n) is 6.34. The molecule has 0 saturated carbocycles. The number of carbonyl (C=O) groups is 1. The van der Waals surface area contributed by atoms with Crippen molar-refractivity contribution in [3.63, 3.8) is 0 Å². The molecule has 3 heterocycles. The molecule has 9 heteroatoms. The Morgan fingerprint density at radius 3 is 2.50 bits per heavy atom. The van der Waals surface area contributed by atoms with Gasteiger partial charge >= 0.3 is 6.09 Å². The lowest BCUT2D eigenvalue weighted by Gasteiger charge is -2.29. The quantitative estimate of drug-likeness (QED) is 0.407. The summed E-state index contributed by atoms with van der Waals surface area (Å²) in [5.41, 5.74) is 1.46. The van der Waals surface area contributed by atoms with Gasteiger partial charge < -0.3 is 23.8 Å². The monoisotopic (exact) mass is 492 g/mol. The van der Waals surface area contributed by atoms with Gasteiger partial charge in [-0.05, 0) is 64.8 Å². The van der Waals surface area contributed by atoms with E-state index in [0.717, 1.165) is 18.5 Å². The highest BCUT2D eigenvalue weighted by molar-refractivity contribution is 5.72. The van der Waals surface area contributed by atoms with Crippen LogP contribution in [0.5, 0.6) is 29.0 Å². The van der Waals surface area contributed by atoms with Crippen LogP contribution in [0.1, 0.15) is 44.4 Å². The van der Waals surface area contributed by atoms with E-state index < -0.39 is 0 Å². The predicted molar refractivity (Wildman–Crippen MR) is 134 cm³/mol. The summed E-state index contributed by atoms with van der Waals surface area (Å²) >= 11 is 0. The topological polar surface area (TPSA) is 95.9 Å². The number of aromatic nitrogens is 3. The van der Waals surface area contributed by atoms with Crippen LogP contribution in [0.4, 0.5) is 4.79 Å². The maximum Gasteiger partial charge on any atom is 0.415 e. The standard InChI is InChI=1S/C27H32N4O5/c1-17-12-13-21(31(17)27(32)36-24-10-7-6-9-23(24)33-5)15-18(2)34-25-19(3)26(30-16-29-25)35-22-11-8-14-28-20(22)4/h6-11,14,16-18,21H,12-13,15H2,1-5H3/t17?,18-,21?/m1/s1. The molecule has 1 saturated heterocycles. The van der Waals surface area contributed by atoms with Crippen molar-refractivity contribution in [2.45, 2.75) is 65.1 Å². The van der Waals surface area contributed by atoms with E-state index in [1.54, 1.807) is 30.3 Å². The Morgan fingerprint density at radius 2 is 1.75 bits per heavy atom. The summed E-state index contributed by atoms with van der Waals surface area (Å²) in [6.45, 7) is 7.74. The van der Waals surface area contributed by atoms with Gasteiger partial charge in [-0.25, -0.2) is 14.8 Å². The first kappa shape index (κ1) is 25.2. The zero-order chi connectivity index (χ0) is 25.7. The van der Waals surface area contributed by atoms with E-state index in [0.29, 0.717) is 41.0 Å². The second kappa shape index (κ2) is 11.2. The van der Waals surface area contributed by atoms with E-state index in [9.17, 15) is 4.79 Å². The Hall–Kier alpha value is -3.88. The SMILES string of the molecule is COc1ccccc1OC(=O)N1C(C)CCC1C[C@@H](C)Oc1ncnc(Oc2cccnc2C)c1C. The number of para-hydroxylation sites is 2. The number of aryl methyl sites for hydroxylation is 1. The average molecular weight is 493 g/mol. The summed E-state index contributed by atoms with van der Waals surface area (Å²) in [7, 11) is 1.55. The highest BCUT2D eigenvalue weighted by atomic mass is 16.6. The molecule has 36 heavy (non-hydrogen) atoms. The second-order valence-electron chi connectivity index (χ2n) is 8.97. The van der Waals surface area contributed by atoms with Gasteiger partial charge in [0.2, 0.25) is 11.8 Å². The Labute approximate surface area is 211 Å². The average Bonchev–Trinajstić information content (AvgIpc) is 3.23. The molecule has 1 aliphatic rings. The molecule has 1 aromatic carbocycles. The molecule has 0 aliphatic carbocycles. The smallest absolute Gasteiger partial charge is 0.415 e. The first-order valence-corrected chi connectivity index (χ1v) is 12.1. The van der Waals surface area contributed by atoms with Crippen LogP contribution >= 0.6 is 0 Å². The van der Waals surface area contributed by atoms with E-state index in [1.165, 1.54) is 6.33 Å². The van der Waals surface area contributed by atoms with Crippen molar-refractivity contribution in [1.82, 2.24) is 19.9 Å². The first-order chi connectivity index (χ1) is 17.4. The van der Waals surface area contributed by atoms with Gasteiger partial charge in [-0.2, -0.15) is 0 Å². The maximum absolute atomic E-state index is 13.1. The molecule has 0 spiro atoms. The minimum absolute atomic E-state index is 0.0203. The molecule has 1 aliphatic heterocycles. The lowest BCUT2D eigenvalue weighted by atomic mass is 10.1. The normalized spacial score (nSPS) is 18.0. The van der Waals surface area contributed by atoms with Crippen LogP contribution in [0.15, 0.2) is 48.9 Å². The zero-order valence-electron chi connectivity index (χ0n) is 21.3. The van der Waals surface area contributed by atoms with Crippen LogP contribution in [0.25, 0.3) is 0 Å². The number of hydrogen-bond acceptors (Lipinski definition) is 8. The molecule has 0 N–H and O–H groups in total. The highest BCUT2D eigenvalue weighted by Crippen LogP contribution is 2.33. The van der Waals surface area contributed by atoms with Crippen LogP contribution in [0.2, 0.25) is 0 Å². The summed E-state index contributed by atoms with van der Waals surface area (Å²) in [6.07, 6.45) is 4.94. The fraction of sp³-hybridized carbons (Fsp3) is 0.407. The Balaban J connectivity index is 1.42. The van der Waals surface area contributed by atoms with Gasteiger partial charge in [0.25, 0.3) is 0 Å². The van der Waals surface area contributed by atoms with Crippen LogP contribution < -0.4 is 18.9 Å². The van der Waals surface area contributed by atoms with Crippen molar-refractivity contribution in [3.8, 4) is 29.0 Å². The Morgan fingerprint density at radius 1 is 1.03 bits per heavy atom. The largest absolute Gasteiger partial charge is 0.493 e. The molecule has 9 nitrogen and oxygen atoms in total. The lowest BCUT2D eigenvalue weighted by Crippen LogP contribution is -2.43. The number of ether oxygens (including phenoxy) is 4. The summed E-state index contributed by atoms with van der Waals surface area (Å²) in [6, 6.07) is 10.8. The van der Waals surface area contributed by atoms with Crippen LogP contribution in [0, 0.1) is 13.8 Å². The van der Waals surface area contributed by atoms with Gasteiger partial charge in [-0.1, -0.05) is 12.1 Å². The lowest BCUT2D eigenvalue weighted by molar-refractivity contribution is 0.109. The van der Waals surface area contributed by atoms with Crippen LogP contribution in [-0.4, -0.2) is 51.2 Å². The maximum atomic E-state index is 13.1. The van der Waals surface area contributed by atoms with Gasteiger partial charge in [0.1, 0.15) is 6.33 Å². The number of carbonyl (C=O) groups excluding carboxylic acids is 1. The summed E-state index contributed by atoms with van der Waals surface area (Å²) in [5, 5.41) is 0. The first-order valence-electron chi connectivity index (χ1n) is 12.1. The molecule has 0 bridgehead atoms. The third-order valence-corrected chi connectivity index (χ3v) is 6.34. The van der Waals surface area contributed by atoms with E-state index in [2.05, 4.69) is 15.0 Å². The number of hydrogen-bond donors (Lipinski definition) is 0. The Bertz CT molecular complexity index is 1200. The Kier molecular flexibility index (Phi) is 7.87. The molecule has 1 amide bonds. The molecule has 190 valence electrons. The second-order valence-corrected chi connectivity index (χ2v) is 8.97. The van der Waals surface area contributed by atoms with Crippen molar-refractivity contribution in [2.75, 3.05) is 7.11 Å². The number of nitrogens with zero attached hydrogens (tertiary/aromatic N) is 4. The van der Waals surface area contributed by atoms with Gasteiger partial charge in [0.15, 0.2) is 17.2 Å². The third kappa shape index (κ3) is 5.67. The van der Waals surface area contributed by atoms with Gasteiger partial charge in [-0.15, -0.1) is 0 Å². The molecule has 4 rings (SSSR count). The number of amides is 1. The summed E-state index contributed by atoms with van der Waals surface area (Å²) in [4.78, 5) is 27.7. The molecule has 2 unspecified atom stereocenters. The molecule has 3 atom stereocenters. The van der Waals surface area contributed by atoms with E-state index in [4.69, 9.17) is 18.9 Å². The fourth-order valence-corrected chi connectivity index (χ4v) is 4.43. The fourth-order valence-electron chi connectivity index (χ4n) is 4.43.